The highest BCUT2D eigenvalue weighted by molar-refractivity contribution is 5.74. The van der Waals surface area contributed by atoms with E-state index in [0.717, 1.165) is 43.2 Å². The summed E-state index contributed by atoms with van der Waals surface area (Å²) in [5, 5.41) is 23.0. The van der Waals surface area contributed by atoms with Gasteiger partial charge in [0.05, 0.1) is 12.2 Å². The Morgan fingerprint density at radius 2 is 1.86 bits per heavy atom. The van der Waals surface area contributed by atoms with Crippen LogP contribution >= 0.6 is 0 Å². The predicted octanol–water partition coefficient (Wildman–Crippen LogP) is 3.28. The van der Waals surface area contributed by atoms with E-state index in [1.807, 2.05) is 12.1 Å². The lowest BCUT2D eigenvalue weighted by molar-refractivity contribution is 0.164. The Morgan fingerprint density at radius 3 is 2.67 bits per heavy atom. The molecule has 5 heterocycles. The first-order valence-electron chi connectivity index (χ1n) is 12.6. The predicted molar refractivity (Wildman–Crippen MR) is 130 cm³/mol. The molecule has 1 aliphatic carbocycles. The van der Waals surface area contributed by atoms with Crippen molar-refractivity contribution in [3.05, 3.63) is 36.7 Å². The van der Waals surface area contributed by atoms with Gasteiger partial charge in [-0.2, -0.15) is 0 Å². The molecule has 186 valence electrons. The van der Waals surface area contributed by atoms with E-state index in [4.69, 9.17) is 9.47 Å². The number of hydrogen-bond donors (Lipinski definition) is 2. The van der Waals surface area contributed by atoms with Gasteiger partial charge in [-0.05, 0) is 55.9 Å². The van der Waals surface area contributed by atoms with E-state index in [1.54, 1.807) is 24.5 Å². The van der Waals surface area contributed by atoms with Crippen LogP contribution in [0.25, 0.3) is 22.4 Å². The number of fused-ring (bicyclic) bond motifs is 3. The van der Waals surface area contributed by atoms with Crippen LogP contribution in [-0.4, -0.2) is 68.8 Å². The second kappa shape index (κ2) is 8.55. The Kier molecular flexibility index (Phi) is 5.16. The van der Waals surface area contributed by atoms with E-state index in [2.05, 4.69) is 30.4 Å². The van der Waals surface area contributed by atoms with Crippen LogP contribution in [0, 0.1) is 0 Å². The van der Waals surface area contributed by atoms with Gasteiger partial charge in [0.25, 0.3) is 5.88 Å². The third kappa shape index (κ3) is 3.80. The zero-order valence-corrected chi connectivity index (χ0v) is 19.7. The molecule has 3 aliphatic heterocycles. The smallest absolute Gasteiger partial charge is 0.257 e. The van der Waals surface area contributed by atoms with Crippen molar-refractivity contribution in [2.24, 2.45) is 0 Å². The van der Waals surface area contributed by atoms with Crippen molar-refractivity contribution >= 4 is 5.95 Å². The number of halogens is 1. The van der Waals surface area contributed by atoms with Gasteiger partial charge >= 0.3 is 0 Å². The van der Waals surface area contributed by atoms with Crippen LogP contribution in [-0.2, 0) is 0 Å². The first-order valence-corrected chi connectivity index (χ1v) is 12.6. The highest BCUT2D eigenvalue weighted by atomic mass is 19.1. The van der Waals surface area contributed by atoms with Crippen LogP contribution in [0.3, 0.4) is 0 Å². The van der Waals surface area contributed by atoms with Crippen LogP contribution in [0.1, 0.15) is 32.1 Å². The number of piperidine rings is 1. The molecule has 2 bridgehead atoms. The Balaban J connectivity index is 1.14. The third-order valence-electron chi connectivity index (χ3n) is 7.64. The number of pyridine rings is 1. The van der Waals surface area contributed by atoms with E-state index in [0.29, 0.717) is 48.1 Å². The standard InChI is InChI=1S/C26H27FN6O3/c27-24-19-6-2-16(30-19)11-21(24)33(17-3-4-17)26-29-13-20(31-32-26)18-5-1-14(9-22(18)34)15-10-23-25(28-12-15)36-8-7-35-23/h1,5,9-10,12-13,16-17,19,21,24,30,34H,2-4,6-8,11H2/t16-,19-,21-,24+/m0/s1. The Labute approximate surface area is 207 Å². The minimum Gasteiger partial charge on any atom is -0.507 e. The number of hydrogen-bond acceptors (Lipinski definition) is 9. The first-order chi connectivity index (χ1) is 17.6. The number of phenolic OH excluding ortho intramolecular Hbond substituents is 1. The highest BCUT2D eigenvalue weighted by Gasteiger charge is 2.48. The van der Waals surface area contributed by atoms with E-state index < -0.39 is 6.17 Å². The molecule has 4 aliphatic rings. The van der Waals surface area contributed by atoms with Gasteiger partial charge in [-0.1, -0.05) is 6.07 Å². The van der Waals surface area contributed by atoms with Gasteiger partial charge in [-0.15, -0.1) is 10.2 Å². The van der Waals surface area contributed by atoms with Crippen molar-refractivity contribution in [1.82, 2.24) is 25.5 Å². The lowest BCUT2D eigenvalue weighted by Crippen LogP contribution is -2.57. The summed E-state index contributed by atoms with van der Waals surface area (Å²) in [6.45, 7) is 0.960. The van der Waals surface area contributed by atoms with Crippen LogP contribution in [0.2, 0.25) is 0 Å². The molecule has 0 spiro atoms. The number of aromatic nitrogens is 4. The van der Waals surface area contributed by atoms with Crippen molar-refractivity contribution in [2.75, 3.05) is 18.1 Å². The molecule has 4 atom stereocenters. The van der Waals surface area contributed by atoms with Crippen LogP contribution in [0.5, 0.6) is 17.4 Å². The number of benzene rings is 1. The number of phenols is 1. The lowest BCUT2D eigenvalue weighted by atomic mass is 9.96. The molecule has 2 aromatic heterocycles. The van der Waals surface area contributed by atoms with Gasteiger partial charge in [0.1, 0.15) is 30.8 Å². The fourth-order valence-corrected chi connectivity index (χ4v) is 5.71. The van der Waals surface area contributed by atoms with Gasteiger partial charge in [0.15, 0.2) is 5.75 Å². The molecule has 2 N–H and O–H groups in total. The zero-order chi connectivity index (χ0) is 24.2. The fourth-order valence-electron chi connectivity index (χ4n) is 5.71. The molecular formula is C26H27FN6O3. The minimum absolute atomic E-state index is 0.0593. The van der Waals surface area contributed by atoms with E-state index in [-0.39, 0.29) is 23.9 Å². The van der Waals surface area contributed by atoms with E-state index >= 15 is 4.39 Å². The number of rotatable bonds is 5. The molecule has 1 aromatic carbocycles. The third-order valence-corrected chi connectivity index (χ3v) is 7.64. The molecule has 2 saturated heterocycles. The minimum atomic E-state index is -0.945. The van der Waals surface area contributed by atoms with Crippen LogP contribution in [0.4, 0.5) is 10.3 Å². The molecule has 9 nitrogen and oxygen atoms in total. The number of aromatic hydroxyl groups is 1. The average molecular weight is 491 g/mol. The monoisotopic (exact) mass is 490 g/mol. The Morgan fingerprint density at radius 1 is 0.972 bits per heavy atom. The van der Waals surface area contributed by atoms with Gasteiger partial charge in [0, 0.05) is 35.4 Å². The maximum atomic E-state index is 15.3. The maximum Gasteiger partial charge on any atom is 0.257 e. The molecule has 0 radical (unpaired) electrons. The first kappa shape index (κ1) is 21.7. The van der Waals surface area contributed by atoms with Crippen molar-refractivity contribution in [2.45, 2.75) is 62.4 Å². The largest absolute Gasteiger partial charge is 0.507 e. The molecule has 0 amide bonds. The van der Waals surface area contributed by atoms with Gasteiger partial charge in [0.2, 0.25) is 5.95 Å². The molecule has 1 saturated carbocycles. The summed E-state index contributed by atoms with van der Waals surface area (Å²) >= 11 is 0. The van der Waals surface area contributed by atoms with Crippen molar-refractivity contribution in [3.8, 4) is 39.8 Å². The Hall–Kier alpha value is -3.53. The molecular weight excluding hydrogens is 463 g/mol. The molecule has 7 rings (SSSR count). The summed E-state index contributed by atoms with van der Waals surface area (Å²) in [5.74, 6) is 1.59. The van der Waals surface area contributed by atoms with Crippen molar-refractivity contribution in [1.29, 1.82) is 0 Å². The molecule has 36 heavy (non-hydrogen) atoms. The number of ether oxygens (including phenoxy) is 2. The van der Waals surface area contributed by atoms with Gasteiger partial charge in [-0.3, -0.25) is 0 Å². The molecule has 10 heteroatoms. The second-order valence-electron chi connectivity index (χ2n) is 10.0. The number of anilines is 1. The molecule has 3 fully saturated rings. The Bertz CT molecular complexity index is 1290. The number of nitrogens with one attached hydrogen (secondary N) is 1. The van der Waals surface area contributed by atoms with Gasteiger partial charge < -0.3 is 24.8 Å². The van der Waals surface area contributed by atoms with Crippen molar-refractivity contribution < 1.29 is 19.0 Å². The summed E-state index contributed by atoms with van der Waals surface area (Å²) in [4.78, 5) is 11.0. The van der Waals surface area contributed by atoms with Crippen LogP contribution in [0.15, 0.2) is 36.7 Å². The zero-order valence-electron chi connectivity index (χ0n) is 19.7. The van der Waals surface area contributed by atoms with E-state index in [1.165, 1.54) is 0 Å². The topological polar surface area (TPSA) is 106 Å². The molecule has 3 aromatic rings. The van der Waals surface area contributed by atoms with Gasteiger partial charge in [-0.25, -0.2) is 14.4 Å². The summed E-state index contributed by atoms with van der Waals surface area (Å²) in [6.07, 6.45) is 7.07. The molecule has 0 unspecified atom stereocenters. The second-order valence-corrected chi connectivity index (χ2v) is 10.0. The highest BCUT2D eigenvalue weighted by Crippen LogP contribution is 2.40. The summed E-state index contributed by atoms with van der Waals surface area (Å²) in [6, 6.07) is 7.50. The normalized spacial score (nSPS) is 26.6. The average Bonchev–Trinajstić information content (AvgIpc) is 3.66. The lowest BCUT2D eigenvalue weighted by Gasteiger charge is -2.40. The summed E-state index contributed by atoms with van der Waals surface area (Å²) in [5.41, 5.74) is 2.57. The summed E-state index contributed by atoms with van der Waals surface area (Å²) < 4.78 is 26.4. The SMILES string of the molecule is Oc1cc(-c2cnc3c(c2)OCCO3)ccc1-c1cnc(N(C2CC2)[C@H]2C[C@@H]3CC[C@H](N3)[C@H]2F)nn1. The fraction of sp³-hybridized carbons (Fsp3) is 0.462. The van der Waals surface area contributed by atoms with Crippen molar-refractivity contribution in [3.63, 3.8) is 0 Å². The van der Waals surface area contributed by atoms with E-state index in [9.17, 15) is 5.11 Å². The quantitative estimate of drug-likeness (QED) is 0.557. The van der Waals surface area contributed by atoms with Crippen LogP contribution < -0.4 is 19.7 Å². The summed E-state index contributed by atoms with van der Waals surface area (Å²) in [7, 11) is 0. The number of nitrogens with zero attached hydrogens (tertiary/aromatic N) is 5. The maximum absolute atomic E-state index is 15.3. The number of alkyl halides is 1.